The summed E-state index contributed by atoms with van der Waals surface area (Å²) in [4.78, 5) is 4.15. The van der Waals surface area contributed by atoms with Crippen LogP contribution in [0.3, 0.4) is 0 Å². The molecule has 0 saturated heterocycles. The predicted molar refractivity (Wildman–Crippen MR) is 59.3 cm³/mol. The second kappa shape index (κ2) is 4.94. The average molecular weight is 206 g/mol. The van der Waals surface area contributed by atoms with Gasteiger partial charge in [-0.1, -0.05) is 6.92 Å². The molecule has 4 heteroatoms. The molecule has 0 saturated carbocycles. The summed E-state index contributed by atoms with van der Waals surface area (Å²) in [6, 6.07) is 2.32. The summed E-state index contributed by atoms with van der Waals surface area (Å²) >= 11 is 0. The van der Waals surface area contributed by atoms with Crippen molar-refractivity contribution in [3.63, 3.8) is 0 Å². The third-order valence-electron chi connectivity index (χ3n) is 2.59. The largest absolute Gasteiger partial charge is 0.335 e. The number of aryl methyl sites for hydroxylation is 2. The summed E-state index contributed by atoms with van der Waals surface area (Å²) in [5.74, 6) is 0.992. The molecule has 0 spiro atoms. The lowest BCUT2D eigenvalue weighted by atomic mass is 10.00. The van der Waals surface area contributed by atoms with Crippen molar-refractivity contribution in [2.75, 3.05) is 6.54 Å². The molecule has 4 nitrogen and oxygen atoms in total. The summed E-state index contributed by atoms with van der Waals surface area (Å²) in [6.45, 7) is 7.55. The lowest BCUT2D eigenvalue weighted by Gasteiger charge is -2.22. The Hall–Kier alpha value is -1.34. The maximum Gasteiger partial charge on any atom is 0.105 e. The Labute approximate surface area is 90.9 Å². The van der Waals surface area contributed by atoms with E-state index < -0.39 is 5.54 Å². The molecule has 0 bridgehead atoms. The third kappa shape index (κ3) is 3.07. The van der Waals surface area contributed by atoms with Crippen LogP contribution in [0.5, 0.6) is 0 Å². The highest BCUT2D eigenvalue weighted by molar-refractivity contribution is 5.03. The zero-order chi connectivity index (χ0) is 11.3. The lowest BCUT2D eigenvalue weighted by Crippen LogP contribution is -2.41. The molecule has 0 fully saturated rings. The van der Waals surface area contributed by atoms with E-state index >= 15 is 0 Å². The molecule has 0 aliphatic rings. The molecule has 1 unspecified atom stereocenters. The van der Waals surface area contributed by atoms with Gasteiger partial charge in [0.25, 0.3) is 0 Å². The summed E-state index contributed by atoms with van der Waals surface area (Å²) in [6.07, 6.45) is 4.51. The van der Waals surface area contributed by atoms with Crippen molar-refractivity contribution < 1.29 is 0 Å². The molecule has 0 amide bonds. The molecule has 0 radical (unpaired) electrons. The molecule has 1 rings (SSSR count). The molecule has 0 aliphatic carbocycles. The number of imidazole rings is 1. The molecule has 1 heterocycles. The van der Waals surface area contributed by atoms with Crippen molar-refractivity contribution in [1.29, 1.82) is 5.26 Å². The van der Waals surface area contributed by atoms with Gasteiger partial charge in [-0.3, -0.25) is 5.32 Å². The molecule has 1 N–H and O–H groups in total. The molecule has 15 heavy (non-hydrogen) atoms. The van der Waals surface area contributed by atoms with E-state index in [4.69, 9.17) is 5.26 Å². The van der Waals surface area contributed by atoms with Gasteiger partial charge in [0.2, 0.25) is 0 Å². The van der Waals surface area contributed by atoms with Crippen molar-refractivity contribution >= 4 is 0 Å². The first-order valence-corrected chi connectivity index (χ1v) is 5.25. The summed E-state index contributed by atoms with van der Waals surface area (Å²) in [5, 5.41) is 12.3. The summed E-state index contributed by atoms with van der Waals surface area (Å²) < 4.78 is 2.06. The van der Waals surface area contributed by atoms with E-state index in [0.29, 0.717) is 0 Å². The Morgan fingerprint density at radius 1 is 1.67 bits per heavy atom. The van der Waals surface area contributed by atoms with Gasteiger partial charge in [0, 0.05) is 18.9 Å². The number of aromatic nitrogens is 2. The van der Waals surface area contributed by atoms with Crippen LogP contribution in [0.25, 0.3) is 0 Å². The Bertz CT molecular complexity index is 350. The first-order valence-electron chi connectivity index (χ1n) is 5.25. The van der Waals surface area contributed by atoms with Crippen LogP contribution in [-0.2, 0) is 6.54 Å². The number of nitrogens with zero attached hydrogens (tertiary/aromatic N) is 3. The highest BCUT2D eigenvalue weighted by Gasteiger charge is 2.21. The molecular weight excluding hydrogens is 188 g/mol. The molecular formula is C11H18N4. The van der Waals surface area contributed by atoms with Crippen LogP contribution < -0.4 is 5.32 Å². The monoisotopic (exact) mass is 206 g/mol. The number of hydrogen-bond donors (Lipinski definition) is 1. The van der Waals surface area contributed by atoms with Crippen LogP contribution in [0.15, 0.2) is 12.4 Å². The van der Waals surface area contributed by atoms with Crippen molar-refractivity contribution in [1.82, 2.24) is 14.9 Å². The SMILES string of the molecule is CCNC(C)(C#N)CCn1ccnc1C. The number of hydrogen-bond acceptors (Lipinski definition) is 3. The van der Waals surface area contributed by atoms with Crippen molar-refractivity contribution in [2.24, 2.45) is 0 Å². The number of nitrogens with one attached hydrogen (secondary N) is 1. The first kappa shape index (κ1) is 11.7. The lowest BCUT2D eigenvalue weighted by molar-refractivity contribution is 0.399. The minimum absolute atomic E-state index is 0.439. The zero-order valence-electron chi connectivity index (χ0n) is 9.62. The fourth-order valence-corrected chi connectivity index (χ4v) is 1.56. The van der Waals surface area contributed by atoms with Gasteiger partial charge in [-0.05, 0) is 26.8 Å². The Kier molecular flexibility index (Phi) is 3.87. The van der Waals surface area contributed by atoms with Gasteiger partial charge >= 0.3 is 0 Å². The Balaban J connectivity index is 2.56. The van der Waals surface area contributed by atoms with E-state index in [1.807, 2.05) is 27.0 Å². The fourth-order valence-electron chi connectivity index (χ4n) is 1.56. The van der Waals surface area contributed by atoms with Gasteiger partial charge in [-0.15, -0.1) is 0 Å². The molecule has 82 valence electrons. The maximum atomic E-state index is 9.08. The number of nitriles is 1. The summed E-state index contributed by atoms with van der Waals surface area (Å²) in [5.41, 5.74) is -0.439. The molecule has 0 aromatic carbocycles. The van der Waals surface area contributed by atoms with Gasteiger partial charge in [-0.25, -0.2) is 4.98 Å². The smallest absolute Gasteiger partial charge is 0.105 e. The fraction of sp³-hybridized carbons (Fsp3) is 0.636. The normalized spacial score (nSPS) is 14.5. The first-order chi connectivity index (χ1) is 7.11. The molecule has 1 aromatic rings. The van der Waals surface area contributed by atoms with Gasteiger partial charge in [0.1, 0.15) is 11.4 Å². The van der Waals surface area contributed by atoms with Gasteiger partial charge in [0.15, 0.2) is 0 Å². The van der Waals surface area contributed by atoms with Crippen molar-refractivity contribution in [3.8, 4) is 6.07 Å². The second-order valence-electron chi connectivity index (χ2n) is 3.89. The molecule has 1 atom stereocenters. The van der Waals surface area contributed by atoms with E-state index in [1.54, 1.807) is 6.20 Å². The minimum atomic E-state index is -0.439. The predicted octanol–water partition coefficient (Wildman–Crippen LogP) is 1.47. The van der Waals surface area contributed by atoms with Crippen molar-refractivity contribution in [3.05, 3.63) is 18.2 Å². The second-order valence-corrected chi connectivity index (χ2v) is 3.89. The maximum absolute atomic E-state index is 9.08. The van der Waals surface area contributed by atoms with Gasteiger partial charge in [-0.2, -0.15) is 5.26 Å². The highest BCUT2D eigenvalue weighted by atomic mass is 15.1. The Morgan fingerprint density at radius 3 is 2.87 bits per heavy atom. The van der Waals surface area contributed by atoms with Gasteiger partial charge in [0.05, 0.1) is 6.07 Å². The van der Waals surface area contributed by atoms with Crippen molar-refractivity contribution in [2.45, 2.75) is 39.3 Å². The Morgan fingerprint density at radius 2 is 2.40 bits per heavy atom. The zero-order valence-corrected chi connectivity index (χ0v) is 9.62. The summed E-state index contributed by atoms with van der Waals surface area (Å²) in [7, 11) is 0. The van der Waals surface area contributed by atoms with Crippen LogP contribution >= 0.6 is 0 Å². The third-order valence-corrected chi connectivity index (χ3v) is 2.59. The van der Waals surface area contributed by atoms with Crippen LogP contribution in [-0.4, -0.2) is 21.6 Å². The minimum Gasteiger partial charge on any atom is -0.335 e. The van der Waals surface area contributed by atoms with E-state index in [0.717, 1.165) is 25.3 Å². The molecule has 1 aromatic heterocycles. The van der Waals surface area contributed by atoms with Gasteiger partial charge < -0.3 is 4.57 Å². The van der Waals surface area contributed by atoms with E-state index in [9.17, 15) is 0 Å². The average Bonchev–Trinajstić information content (AvgIpc) is 2.62. The topological polar surface area (TPSA) is 53.6 Å². The quantitative estimate of drug-likeness (QED) is 0.793. The molecule has 0 aliphatic heterocycles. The van der Waals surface area contributed by atoms with E-state index in [1.165, 1.54) is 0 Å². The van der Waals surface area contributed by atoms with Crippen LogP contribution in [0, 0.1) is 18.3 Å². The van der Waals surface area contributed by atoms with Crippen LogP contribution in [0.1, 0.15) is 26.1 Å². The highest BCUT2D eigenvalue weighted by Crippen LogP contribution is 2.10. The van der Waals surface area contributed by atoms with E-state index in [2.05, 4.69) is 20.9 Å². The number of rotatable bonds is 5. The van der Waals surface area contributed by atoms with Crippen LogP contribution in [0.4, 0.5) is 0 Å². The standard InChI is InChI=1S/C11H18N4/c1-4-14-11(3,9-12)5-7-15-8-6-13-10(15)2/h6,8,14H,4-5,7H2,1-3H3. The van der Waals surface area contributed by atoms with Crippen LogP contribution in [0.2, 0.25) is 0 Å². The van der Waals surface area contributed by atoms with E-state index in [-0.39, 0.29) is 0 Å².